The van der Waals surface area contributed by atoms with Gasteiger partial charge in [0.15, 0.2) is 0 Å². The van der Waals surface area contributed by atoms with Gasteiger partial charge in [0.25, 0.3) is 0 Å². The van der Waals surface area contributed by atoms with Gasteiger partial charge in [-0.1, -0.05) is 12.1 Å². The number of benzene rings is 1. The Bertz CT molecular complexity index is 636. The number of aryl methyl sites for hydroxylation is 1. The van der Waals surface area contributed by atoms with Crippen molar-refractivity contribution in [1.82, 2.24) is 14.7 Å². The maximum absolute atomic E-state index is 11.9. The molecule has 2 aromatic rings. The average molecular weight is 288 g/mol. The molecule has 6 heteroatoms. The minimum Gasteiger partial charge on any atom is -0.465 e. The van der Waals surface area contributed by atoms with Crippen LogP contribution in [0.15, 0.2) is 30.6 Å². The lowest BCUT2D eigenvalue weighted by molar-refractivity contribution is 0.0599. The molecule has 112 valence electrons. The maximum Gasteiger partial charge on any atom is 0.340 e. The Balaban J connectivity index is 2.15. The molecule has 1 aromatic heterocycles. The molecule has 1 aromatic carbocycles. The number of anilines is 1. The molecule has 2 rings (SSSR count). The molecule has 0 bridgehead atoms. The van der Waals surface area contributed by atoms with Crippen molar-refractivity contribution in [2.75, 3.05) is 19.9 Å². The van der Waals surface area contributed by atoms with Crippen LogP contribution in [-0.4, -0.2) is 34.8 Å². The summed E-state index contributed by atoms with van der Waals surface area (Å²) >= 11 is 0. The number of methoxy groups -OCH3 is 1. The van der Waals surface area contributed by atoms with Gasteiger partial charge in [0.05, 0.1) is 18.9 Å². The first-order valence-corrected chi connectivity index (χ1v) is 6.63. The molecule has 0 aliphatic carbocycles. The van der Waals surface area contributed by atoms with E-state index in [1.807, 2.05) is 38.6 Å². The van der Waals surface area contributed by atoms with Crippen LogP contribution in [0.3, 0.4) is 0 Å². The number of esters is 1. The highest BCUT2D eigenvalue weighted by Crippen LogP contribution is 2.20. The lowest BCUT2D eigenvalue weighted by Crippen LogP contribution is -2.20. The van der Waals surface area contributed by atoms with E-state index in [1.165, 1.54) is 7.11 Å². The number of nitrogen functional groups attached to an aromatic ring is 1. The Labute approximate surface area is 124 Å². The van der Waals surface area contributed by atoms with E-state index in [2.05, 4.69) is 10.00 Å². The maximum atomic E-state index is 11.9. The van der Waals surface area contributed by atoms with Gasteiger partial charge in [-0.05, 0) is 18.7 Å². The first-order chi connectivity index (χ1) is 10.0. The minimum absolute atomic E-state index is 0.405. The zero-order valence-electron chi connectivity index (χ0n) is 12.5. The molecule has 2 N–H and O–H groups in total. The van der Waals surface area contributed by atoms with Crippen molar-refractivity contribution < 1.29 is 9.53 Å². The van der Waals surface area contributed by atoms with Gasteiger partial charge in [-0.3, -0.25) is 9.58 Å². The number of ether oxygens (including phenoxy) is 1. The molecule has 0 spiro atoms. The van der Waals surface area contributed by atoms with Crippen molar-refractivity contribution in [2.45, 2.75) is 13.1 Å². The number of carbonyl (C=O) groups is 1. The lowest BCUT2D eigenvalue weighted by Gasteiger charge is -2.18. The number of nitrogens with zero attached hydrogens (tertiary/aromatic N) is 3. The third kappa shape index (κ3) is 3.61. The van der Waals surface area contributed by atoms with Gasteiger partial charge in [0.1, 0.15) is 0 Å². The number of aromatic nitrogens is 2. The van der Waals surface area contributed by atoms with Crippen LogP contribution in [0, 0.1) is 0 Å². The highest BCUT2D eigenvalue weighted by molar-refractivity contribution is 5.96. The van der Waals surface area contributed by atoms with Crippen LogP contribution >= 0.6 is 0 Å². The molecule has 0 aliphatic rings. The zero-order valence-corrected chi connectivity index (χ0v) is 12.5. The van der Waals surface area contributed by atoms with Crippen LogP contribution in [0.2, 0.25) is 0 Å². The summed E-state index contributed by atoms with van der Waals surface area (Å²) < 4.78 is 6.58. The Morgan fingerprint density at radius 3 is 2.81 bits per heavy atom. The number of carbonyl (C=O) groups excluding carboxylic acids is 1. The Morgan fingerprint density at radius 1 is 1.43 bits per heavy atom. The first-order valence-electron chi connectivity index (χ1n) is 6.63. The molecule has 0 fully saturated rings. The van der Waals surface area contributed by atoms with E-state index in [-0.39, 0.29) is 0 Å². The van der Waals surface area contributed by atoms with E-state index in [0.29, 0.717) is 17.8 Å². The van der Waals surface area contributed by atoms with Crippen molar-refractivity contribution in [3.63, 3.8) is 0 Å². The third-order valence-electron chi connectivity index (χ3n) is 3.22. The van der Waals surface area contributed by atoms with Gasteiger partial charge in [0, 0.05) is 37.6 Å². The molecular formula is C15H20N4O2. The van der Waals surface area contributed by atoms with Crippen LogP contribution in [0.4, 0.5) is 5.69 Å². The monoisotopic (exact) mass is 288 g/mol. The fourth-order valence-corrected chi connectivity index (χ4v) is 2.31. The van der Waals surface area contributed by atoms with Gasteiger partial charge in [-0.25, -0.2) is 4.79 Å². The van der Waals surface area contributed by atoms with E-state index in [1.54, 1.807) is 10.7 Å². The van der Waals surface area contributed by atoms with Crippen LogP contribution in [-0.2, 0) is 24.9 Å². The molecule has 6 nitrogen and oxygen atoms in total. The second-order valence-electron chi connectivity index (χ2n) is 5.07. The number of hydrogen-bond acceptors (Lipinski definition) is 5. The van der Waals surface area contributed by atoms with Crippen LogP contribution in [0.5, 0.6) is 0 Å². The normalized spacial score (nSPS) is 10.9. The van der Waals surface area contributed by atoms with Gasteiger partial charge in [-0.15, -0.1) is 0 Å². The molecule has 0 atom stereocenters. The summed E-state index contributed by atoms with van der Waals surface area (Å²) in [6.45, 7) is 1.34. The molecule has 21 heavy (non-hydrogen) atoms. The molecule has 0 radical (unpaired) electrons. The first kappa shape index (κ1) is 15.1. The predicted octanol–water partition coefficient (Wildman–Crippen LogP) is 1.42. The molecule has 1 heterocycles. The predicted molar refractivity (Wildman–Crippen MR) is 80.6 cm³/mol. The van der Waals surface area contributed by atoms with E-state index in [4.69, 9.17) is 10.5 Å². The molecule has 0 aliphatic heterocycles. The summed E-state index contributed by atoms with van der Waals surface area (Å²) in [5.74, 6) is -0.405. The Kier molecular flexibility index (Phi) is 4.59. The smallest absolute Gasteiger partial charge is 0.340 e. The third-order valence-corrected chi connectivity index (χ3v) is 3.22. The largest absolute Gasteiger partial charge is 0.465 e. The highest BCUT2D eigenvalue weighted by atomic mass is 16.5. The minimum atomic E-state index is -0.405. The SMILES string of the molecule is COC(=O)c1c(N)cccc1CN(C)Cc1cnn(C)c1. The van der Waals surface area contributed by atoms with Gasteiger partial charge in [0.2, 0.25) is 0 Å². The van der Waals surface area contributed by atoms with Gasteiger partial charge in [-0.2, -0.15) is 5.10 Å². The van der Waals surface area contributed by atoms with Gasteiger partial charge < -0.3 is 10.5 Å². The fourth-order valence-electron chi connectivity index (χ4n) is 2.31. The van der Waals surface area contributed by atoms with Crippen LogP contribution in [0.25, 0.3) is 0 Å². The second-order valence-corrected chi connectivity index (χ2v) is 5.07. The number of rotatable bonds is 5. The quantitative estimate of drug-likeness (QED) is 0.665. The topological polar surface area (TPSA) is 73.4 Å². The molecule has 0 saturated carbocycles. The van der Waals surface area contributed by atoms with Crippen LogP contribution in [0.1, 0.15) is 21.5 Å². The van der Waals surface area contributed by atoms with Crippen molar-refractivity contribution in [2.24, 2.45) is 7.05 Å². The summed E-state index contributed by atoms with van der Waals surface area (Å²) in [6, 6.07) is 5.44. The molecule has 0 amide bonds. The Morgan fingerprint density at radius 2 is 2.19 bits per heavy atom. The van der Waals surface area contributed by atoms with Crippen molar-refractivity contribution in [1.29, 1.82) is 0 Å². The molecule has 0 unspecified atom stereocenters. The van der Waals surface area contributed by atoms with E-state index >= 15 is 0 Å². The van der Waals surface area contributed by atoms with E-state index < -0.39 is 5.97 Å². The van der Waals surface area contributed by atoms with Crippen molar-refractivity contribution in [3.8, 4) is 0 Å². The highest BCUT2D eigenvalue weighted by Gasteiger charge is 2.16. The molecular weight excluding hydrogens is 268 g/mol. The zero-order chi connectivity index (χ0) is 15.4. The standard InChI is InChI=1S/C15H20N4O2/c1-18(8-11-7-17-19(2)9-11)10-12-5-4-6-13(16)14(12)15(20)21-3/h4-7,9H,8,10,16H2,1-3H3. The number of hydrogen-bond donors (Lipinski definition) is 1. The Hall–Kier alpha value is -2.34. The summed E-state index contributed by atoms with van der Waals surface area (Å²) in [5.41, 5.74) is 8.75. The number of nitrogens with two attached hydrogens (primary N) is 1. The summed E-state index contributed by atoms with van der Waals surface area (Å²) in [4.78, 5) is 14.0. The second kappa shape index (κ2) is 6.41. The van der Waals surface area contributed by atoms with E-state index in [0.717, 1.165) is 17.7 Å². The van der Waals surface area contributed by atoms with Crippen molar-refractivity contribution in [3.05, 3.63) is 47.3 Å². The van der Waals surface area contributed by atoms with Crippen LogP contribution < -0.4 is 5.73 Å². The average Bonchev–Trinajstić information content (AvgIpc) is 2.83. The summed E-state index contributed by atoms with van der Waals surface area (Å²) in [5, 5.41) is 4.15. The fraction of sp³-hybridized carbons (Fsp3) is 0.333. The van der Waals surface area contributed by atoms with Crippen molar-refractivity contribution >= 4 is 11.7 Å². The van der Waals surface area contributed by atoms with E-state index in [9.17, 15) is 4.79 Å². The lowest BCUT2D eigenvalue weighted by atomic mass is 10.0. The summed E-state index contributed by atoms with van der Waals surface area (Å²) in [7, 11) is 5.23. The van der Waals surface area contributed by atoms with Gasteiger partial charge >= 0.3 is 5.97 Å². The summed E-state index contributed by atoms with van der Waals surface area (Å²) in [6.07, 6.45) is 3.80. The molecule has 0 saturated heterocycles.